The van der Waals surface area contributed by atoms with Gasteiger partial charge in [-0.25, -0.2) is 0 Å². The summed E-state index contributed by atoms with van der Waals surface area (Å²) in [4.78, 5) is 0. The van der Waals surface area contributed by atoms with Gasteiger partial charge in [-0.15, -0.1) is 34.0 Å². The molecule has 6 heteroatoms. The third kappa shape index (κ3) is 108. The zero-order chi connectivity index (χ0) is 2.00. The molecule has 0 saturated heterocycles. The second-order valence-corrected chi connectivity index (χ2v) is 0. The molecule has 0 aliphatic carbocycles. The van der Waals surface area contributed by atoms with Crippen LogP contribution in [-0.4, -0.2) is 11.0 Å². The first-order valence-corrected chi connectivity index (χ1v) is 0.333. The Balaban J connectivity index is -0.000000000833. The van der Waals surface area contributed by atoms with Crippen molar-refractivity contribution in [3.05, 3.63) is 0 Å². The van der Waals surface area contributed by atoms with E-state index in [9.17, 15) is 0 Å². The summed E-state index contributed by atoms with van der Waals surface area (Å²) >= 11 is 0. The van der Waals surface area contributed by atoms with Crippen LogP contribution in [0, 0.1) is 0 Å². The highest BCUT2D eigenvalue weighted by Crippen LogP contribution is 0.847. The zero-order valence-corrected chi connectivity index (χ0v) is 6.40. The molecule has 0 aromatic carbocycles. The van der Waals surface area contributed by atoms with Gasteiger partial charge in [0.1, 0.15) is 0 Å². The minimum Gasteiger partial charge on any atom is -0.412 e. The third-order valence-electron chi connectivity index (χ3n) is 0. The molecule has 0 bridgehead atoms. The molecule has 0 atom stereocenters. The molecule has 4 nitrogen and oxygen atoms in total. The van der Waals surface area contributed by atoms with Gasteiger partial charge in [-0.2, -0.15) is 0 Å². The van der Waals surface area contributed by atoms with Crippen molar-refractivity contribution in [2.45, 2.75) is 0 Å². The lowest BCUT2D eigenvalue weighted by Gasteiger charge is -1.27. The summed E-state index contributed by atoms with van der Waals surface area (Å²) in [5, 5.41) is 0. The van der Waals surface area contributed by atoms with Gasteiger partial charge in [0.15, 0.2) is 0 Å². The predicted molar refractivity (Wildman–Crippen MR) is 36.2 cm³/mol. The number of hydrogen-bond acceptors (Lipinski definition) is 2. The second kappa shape index (κ2) is 209. The van der Waals surface area contributed by atoms with Gasteiger partial charge in [-0.1, -0.05) is 0 Å². The summed E-state index contributed by atoms with van der Waals surface area (Å²) < 4.78 is 0. The molecule has 0 heterocycles. The highest BCUT2D eigenvalue weighted by atomic mass is 79.9. The van der Waals surface area contributed by atoms with E-state index in [1.807, 2.05) is 0 Å². The molecule has 8 N–H and O–H groups in total. The van der Waals surface area contributed by atoms with Crippen molar-refractivity contribution in [3.8, 4) is 0 Å². The molecule has 0 aromatic rings. The van der Waals surface area contributed by atoms with E-state index in [-0.39, 0.29) is 44.9 Å². The molecule has 0 aliphatic rings. The molecule has 0 aliphatic heterocycles. The highest BCUT2D eigenvalue weighted by Gasteiger charge is 0.726. The number of rotatable bonds is 0. The van der Waals surface area contributed by atoms with E-state index in [4.69, 9.17) is 0 Å². The summed E-state index contributed by atoms with van der Waals surface area (Å²) in [6, 6.07) is 0. The molecule has 0 radical (unpaired) electrons. The van der Waals surface area contributed by atoms with E-state index in [1.165, 1.54) is 0 Å². The Morgan fingerprint density at radius 1 is 0.667 bits per heavy atom. The molecular formula is H10Br2N2O2. The van der Waals surface area contributed by atoms with Gasteiger partial charge in [-0.05, 0) is 0 Å². The van der Waals surface area contributed by atoms with Crippen molar-refractivity contribution in [3.63, 3.8) is 0 Å². The van der Waals surface area contributed by atoms with E-state index < -0.39 is 0 Å². The van der Waals surface area contributed by atoms with Crippen LogP contribution in [-0.2, 0) is 0 Å². The SMILES string of the molecule is Br.Br.NN.O.O. The van der Waals surface area contributed by atoms with Gasteiger partial charge < -0.3 is 11.0 Å². The van der Waals surface area contributed by atoms with Crippen molar-refractivity contribution in [2.75, 3.05) is 0 Å². The predicted octanol–water partition coefficient (Wildman–Crippen LogP) is -1.67. The minimum atomic E-state index is 0. The first kappa shape index (κ1) is 70.6. The zero-order valence-electron chi connectivity index (χ0n) is 2.97. The molecule has 0 unspecified atom stereocenters. The number of nitrogens with two attached hydrogens (primary N) is 2. The average Bonchev–Trinajstić information content (AvgIpc) is 1.00. The number of hydrogen-bond donors (Lipinski definition) is 2. The Morgan fingerprint density at radius 3 is 0.667 bits per heavy atom. The van der Waals surface area contributed by atoms with Crippen LogP contribution in [0.15, 0.2) is 0 Å². The maximum Gasteiger partial charge on any atom is -0.114 e. The fourth-order valence-electron chi connectivity index (χ4n) is 0. The molecule has 0 saturated carbocycles. The summed E-state index contributed by atoms with van der Waals surface area (Å²) in [6.07, 6.45) is 0. The van der Waals surface area contributed by atoms with Crippen LogP contribution in [0.2, 0.25) is 0 Å². The van der Waals surface area contributed by atoms with Gasteiger partial charge in [0.25, 0.3) is 0 Å². The Hall–Kier alpha value is 0.800. The van der Waals surface area contributed by atoms with Crippen molar-refractivity contribution in [1.29, 1.82) is 0 Å². The fraction of sp³-hybridized carbons (Fsp3) is 0. The van der Waals surface area contributed by atoms with E-state index in [1.54, 1.807) is 0 Å². The molecule has 46 valence electrons. The Kier molecular flexibility index (Phi) is 2460. The summed E-state index contributed by atoms with van der Waals surface area (Å²) in [6.45, 7) is 0. The minimum absolute atomic E-state index is 0. The average molecular weight is 230 g/mol. The lowest BCUT2D eigenvalue weighted by Crippen LogP contribution is -2.02. The molecular weight excluding hydrogens is 220 g/mol. The van der Waals surface area contributed by atoms with E-state index in [0.717, 1.165) is 0 Å². The topological polar surface area (TPSA) is 115 Å². The van der Waals surface area contributed by atoms with Crippen molar-refractivity contribution in [2.24, 2.45) is 11.7 Å². The van der Waals surface area contributed by atoms with Crippen molar-refractivity contribution in [1.82, 2.24) is 0 Å². The van der Waals surface area contributed by atoms with Crippen LogP contribution in [0.5, 0.6) is 0 Å². The largest absolute Gasteiger partial charge is 0.412 e. The van der Waals surface area contributed by atoms with Crippen molar-refractivity contribution < 1.29 is 11.0 Å². The first-order valence-electron chi connectivity index (χ1n) is 0.333. The van der Waals surface area contributed by atoms with Crippen LogP contribution < -0.4 is 11.7 Å². The number of hydrazine groups is 1. The lowest BCUT2D eigenvalue weighted by atomic mass is 13.0. The standard InChI is InChI=1S/2BrH.H4N2.2H2O/c;;1-2;;/h2*1H;1-2H2;2*1H2. The molecule has 0 spiro atoms. The van der Waals surface area contributed by atoms with E-state index in [0.29, 0.717) is 0 Å². The second-order valence-electron chi connectivity index (χ2n) is 0. The Morgan fingerprint density at radius 2 is 0.667 bits per heavy atom. The van der Waals surface area contributed by atoms with Gasteiger partial charge >= 0.3 is 0 Å². The van der Waals surface area contributed by atoms with Crippen LogP contribution >= 0.6 is 34.0 Å². The van der Waals surface area contributed by atoms with Crippen LogP contribution in [0.3, 0.4) is 0 Å². The molecule has 0 aromatic heterocycles. The Labute approximate surface area is 57.0 Å². The molecule has 0 fully saturated rings. The number of halogens is 2. The van der Waals surface area contributed by atoms with Gasteiger partial charge in [0, 0.05) is 0 Å². The van der Waals surface area contributed by atoms with Crippen molar-refractivity contribution >= 4 is 34.0 Å². The molecule has 0 rings (SSSR count). The maximum atomic E-state index is 4.00. The molecule has 6 heavy (non-hydrogen) atoms. The van der Waals surface area contributed by atoms with Crippen LogP contribution in [0.4, 0.5) is 0 Å². The van der Waals surface area contributed by atoms with Gasteiger partial charge in [-0.3, -0.25) is 11.7 Å². The fourth-order valence-corrected chi connectivity index (χ4v) is 0. The third-order valence-corrected chi connectivity index (χ3v) is 0. The quantitative estimate of drug-likeness (QED) is 0.382. The summed E-state index contributed by atoms with van der Waals surface area (Å²) in [7, 11) is 0. The normalized spacial score (nSPS) is 1.00. The van der Waals surface area contributed by atoms with Gasteiger partial charge in [0.2, 0.25) is 0 Å². The highest BCUT2D eigenvalue weighted by molar-refractivity contribution is 8.93. The monoisotopic (exact) mass is 228 g/mol. The smallest absolute Gasteiger partial charge is 0.114 e. The molecule has 0 amide bonds. The maximum absolute atomic E-state index is 4.00. The summed E-state index contributed by atoms with van der Waals surface area (Å²) in [5.74, 6) is 8.00. The summed E-state index contributed by atoms with van der Waals surface area (Å²) in [5.41, 5.74) is 0. The first-order chi connectivity index (χ1) is 1.00. The lowest BCUT2D eigenvalue weighted by molar-refractivity contribution is 0.823. The van der Waals surface area contributed by atoms with E-state index >= 15 is 0 Å². The van der Waals surface area contributed by atoms with E-state index in [2.05, 4.69) is 11.7 Å². The van der Waals surface area contributed by atoms with Gasteiger partial charge in [0.05, 0.1) is 0 Å². The van der Waals surface area contributed by atoms with Crippen LogP contribution in [0.1, 0.15) is 0 Å². The van der Waals surface area contributed by atoms with Crippen LogP contribution in [0.25, 0.3) is 0 Å². The Bertz CT molecular complexity index is 9.51.